The first-order chi connectivity index (χ1) is 12.7. The number of nitrogens with zero attached hydrogens (tertiary/aromatic N) is 3. The smallest absolute Gasteiger partial charge is 0.230 e. The largest absolute Gasteiger partial charge is 0.469 e. The van der Waals surface area contributed by atoms with Crippen LogP contribution >= 0.6 is 11.8 Å². The van der Waals surface area contributed by atoms with E-state index in [-0.39, 0.29) is 5.91 Å². The Balaban J connectivity index is 1.63. The summed E-state index contributed by atoms with van der Waals surface area (Å²) in [5.74, 6) is 2.11. The zero-order valence-electron chi connectivity index (χ0n) is 15.7. The maximum atomic E-state index is 12.4. The summed E-state index contributed by atoms with van der Waals surface area (Å²) in [6.45, 7) is 4.87. The maximum absolute atomic E-state index is 12.4. The van der Waals surface area contributed by atoms with Crippen molar-refractivity contribution in [2.45, 2.75) is 76.5 Å². The number of nitrogens with one attached hydrogen (secondary N) is 1. The van der Waals surface area contributed by atoms with E-state index in [1.165, 1.54) is 37.4 Å². The van der Waals surface area contributed by atoms with Gasteiger partial charge in [0.2, 0.25) is 5.91 Å². The van der Waals surface area contributed by atoms with Crippen molar-refractivity contribution in [3.8, 4) is 11.4 Å². The predicted octanol–water partition coefficient (Wildman–Crippen LogP) is 4.19. The lowest BCUT2D eigenvalue weighted by Crippen LogP contribution is -2.35. The molecule has 0 saturated heterocycles. The highest BCUT2D eigenvalue weighted by atomic mass is 32.2. The zero-order chi connectivity index (χ0) is 18.4. The number of thioether (sulfide) groups is 1. The van der Waals surface area contributed by atoms with E-state index >= 15 is 0 Å². The minimum absolute atomic E-state index is 0.0917. The maximum Gasteiger partial charge on any atom is 0.230 e. The third-order valence-electron chi connectivity index (χ3n) is 4.82. The SMILES string of the molecule is CCCn1c(SCC(=O)NC2CCCCCC2)nnc1-c1ccoc1C. The predicted molar refractivity (Wildman–Crippen MR) is 103 cm³/mol. The monoisotopic (exact) mass is 376 g/mol. The molecule has 0 radical (unpaired) electrons. The van der Waals surface area contributed by atoms with Crippen LogP contribution in [0.1, 0.15) is 57.6 Å². The lowest BCUT2D eigenvalue weighted by atomic mass is 10.1. The number of carbonyl (C=O) groups is 1. The fourth-order valence-electron chi connectivity index (χ4n) is 3.46. The number of amides is 1. The van der Waals surface area contributed by atoms with Crippen LogP contribution in [0, 0.1) is 6.92 Å². The quantitative estimate of drug-likeness (QED) is 0.579. The molecular weight excluding hydrogens is 348 g/mol. The van der Waals surface area contributed by atoms with Crippen molar-refractivity contribution in [1.82, 2.24) is 20.1 Å². The number of hydrogen-bond donors (Lipinski definition) is 1. The van der Waals surface area contributed by atoms with Gasteiger partial charge in [-0.3, -0.25) is 4.79 Å². The van der Waals surface area contributed by atoms with Gasteiger partial charge in [0.05, 0.1) is 17.6 Å². The first kappa shape index (κ1) is 19.0. The normalized spacial score (nSPS) is 15.8. The van der Waals surface area contributed by atoms with Gasteiger partial charge in [-0.1, -0.05) is 44.4 Å². The number of aromatic nitrogens is 3. The van der Waals surface area contributed by atoms with E-state index in [9.17, 15) is 4.79 Å². The number of rotatable bonds is 7. The summed E-state index contributed by atoms with van der Waals surface area (Å²) in [5.41, 5.74) is 0.959. The Morgan fingerprint density at radius 2 is 2.08 bits per heavy atom. The first-order valence-corrected chi connectivity index (χ1v) is 10.6. The number of aryl methyl sites for hydroxylation is 1. The molecule has 1 N–H and O–H groups in total. The van der Waals surface area contributed by atoms with E-state index in [0.29, 0.717) is 11.8 Å². The van der Waals surface area contributed by atoms with Crippen molar-refractivity contribution < 1.29 is 9.21 Å². The van der Waals surface area contributed by atoms with Crippen LogP contribution in [0.2, 0.25) is 0 Å². The Hall–Kier alpha value is -1.76. The first-order valence-electron chi connectivity index (χ1n) is 9.59. The third-order valence-corrected chi connectivity index (χ3v) is 5.78. The summed E-state index contributed by atoms with van der Waals surface area (Å²) < 4.78 is 7.49. The van der Waals surface area contributed by atoms with Crippen molar-refractivity contribution in [2.24, 2.45) is 0 Å². The molecule has 0 spiro atoms. The van der Waals surface area contributed by atoms with E-state index < -0.39 is 0 Å². The Morgan fingerprint density at radius 1 is 1.31 bits per heavy atom. The van der Waals surface area contributed by atoms with Gasteiger partial charge in [0, 0.05) is 12.6 Å². The van der Waals surface area contributed by atoms with Gasteiger partial charge in [-0.05, 0) is 32.3 Å². The van der Waals surface area contributed by atoms with Gasteiger partial charge >= 0.3 is 0 Å². The second kappa shape index (κ2) is 9.26. The van der Waals surface area contributed by atoms with Crippen LogP contribution in [-0.4, -0.2) is 32.5 Å². The number of carbonyl (C=O) groups excluding carboxylic acids is 1. The molecule has 0 atom stereocenters. The van der Waals surface area contributed by atoms with E-state index in [1.54, 1.807) is 6.26 Å². The topological polar surface area (TPSA) is 73.0 Å². The van der Waals surface area contributed by atoms with Crippen molar-refractivity contribution in [3.63, 3.8) is 0 Å². The molecule has 1 amide bonds. The van der Waals surface area contributed by atoms with Gasteiger partial charge in [0.15, 0.2) is 11.0 Å². The number of furan rings is 1. The summed E-state index contributed by atoms with van der Waals surface area (Å²) in [7, 11) is 0. The van der Waals surface area contributed by atoms with Crippen LogP contribution in [0.15, 0.2) is 21.9 Å². The molecule has 1 fully saturated rings. The standard InChI is InChI=1S/C19H28N4O2S/c1-3-11-23-18(16-10-12-25-14(16)2)21-22-19(23)26-13-17(24)20-15-8-6-4-5-7-9-15/h10,12,15H,3-9,11,13H2,1-2H3,(H,20,24). The minimum atomic E-state index is 0.0917. The van der Waals surface area contributed by atoms with Crippen LogP contribution in [-0.2, 0) is 11.3 Å². The Morgan fingerprint density at radius 3 is 2.73 bits per heavy atom. The molecule has 1 aliphatic carbocycles. The number of hydrogen-bond acceptors (Lipinski definition) is 5. The third kappa shape index (κ3) is 4.69. The van der Waals surface area contributed by atoms with E-state index in [0.717, 1.165) is 48.1 Å². The second-order valence-corrected chi connectivity index (χ2v) is 7.84. The highest BCUT2D eigenvalue weighted by molar-refractivity contribution is 7.99. The fraction of sp³-hybridized carbons (Fsp3) is 0.632. The molecule has 0 aromatic carbocycles. The lowest BCUT2D eigenvalue weighted by molar-refractivity contribution is -0.119. The fourth-order valence-corrected chi connectivity index (χ4v) is 4.24. The molecule has 0 bridgehead atoms. The average Bonchev–Trinajstić information content (AvgIpc) is 3.12. The molecular formula is C19H28N4O2S. The molecule has 6 nitrogen and oxygen atoms in total. The lowest BCUT2D eigenvalue weighted by Gasteiger charge is -2.16. The van der Waals surface area contributed by atoms with Crippen molar-refractivity contribution in [1.29, 1.82) is 0 Å². The summed E-state index contributed by atoms with van der Waals surface area (Å²) in [6, 6.07) is 2.25. The van der Waals surface area contributed by atoms with Crippen LogP contribution in [0.4, 0.5) is 0 Å². The van der Waals surface area contributed by atoms with Crippen LogP contribution in [0.25, 0.3) is 11.4 Å². The van der Waals surface area contributed by atoms with Gasteiger partial charge < -0.3 is 14.3 Å². The Labute approximate surface area is 159 Å². The molecule has 0 aliphatic heterocycles. The van der Waals surface area contributed by atoms with Gasteiger partial charge in [-0.2, -0.15) is 0 Å². The molecule has 2 heterocycles. The van der Waals surface area contributed by atoms with Crippen LogP contribution in [0.3, 0.4) is 0 Å². The molecule has 7 heteroatoms. The molecule has 3 rings (SSSR count). The van der Waals surface area contributed by atoms with E-state index in [4.69, 9.17) is 4.42 Å². The average molecular weight is 377 g/mol. The molecule has 0 unspecified atom stereocenters. The van der Waals surface area contributed by atoms with Crippen molar-refractivity contribution >= 4 is 17.7 Å². The van der Waals surface area contributed by atoms with Gasteiger partial charge in [0.25, 0.3) is 0 Å². The van der Waals surface area contributed by atoms with E-state index in [1.807, 2.05) is 13.0 Å². The molecule has 26 heavy (non-hydrogen) atoms. The van der Waals surface area contributed by atoms with Crippen LogP contribution in [0.5, 0.6) is 0 Å². The molecule has 142 valence electrons. The minimum Gasteiger partial charge on any atom is -0.469 e. The van der Waals surface area contributed by atoms with Crippen LogP contribution < -0.4 is 5.32 Å². The second-order valence-electron chi connectivity index (χ2n) is 6.89. The summed E-state index contributed by atoms with van der Waals surface area (Å²) in [6.07, 6.45) is 9.87. The molecule has 1 saturated carbocycles. The summed E-state index contributed by atoms with van der Waals surface area (Å²) in [5, 5.41) is 12.6. The molecule has 1 aliphatic rings. The Kier molecular flexibility index (Phi) is 6.77. The molecule has 2 aromatic rings. The van der Waals surface area contributed by atoms with Gasteiger partial charge in [-0.15, -0.1) is 10.2 Å². The van der Waals surface area contributed by atoms with Gasteiger partial charge in [0.1, 0.15) is 5.76 Å². The summed E-state index contributed by atoms with van der Waals surface area (Å²) in [4.78, 5) is 12.4. The van der Waals surface area contributed by atoms with Gasteiger partial charge in [-0.25, -0.2) is 0 Å². The Bertz CT molecular complexity index is 717. The summed E-state index contributed by atoms with van der Waals surface area (Å²) >= 11 is 1.46. The van der Waals surface area contributed by atoms with E-state index in [2.05, 4.69) is 27.0 Å². The van der Waals surface area contributed by atoms with Crippen molar-refractivity contribution in [2.75, 3.05) is 5.75 Å². The molecule has 2 aromatic heterocycles. The zero-order valence-corrected chi connectivity index (χ0v) is 16.5. The highest BCUT2D eigenvalue weighted by Gasteiger charge is 2.19. The highest BCUT2D eigenvalue weighted by Crippen LogP contribution is 2.27. The van der Waals surface area contributed by atoms with Crippen molar-refractivity contribution in [3.05, 3.63) is 18.1 Å².